The van der Waals surface area contributed by atoms with Crippen LogP contribution in [0.4, 0.5) is 0 Å². The fourth-order valence-electron chi connectivity index (χ4n) is 1.76. The molecule has 1 saturated heterocycles. The highest BCUT2D eigenvalue weighted by atomic mass is 16.2. The second kappa shape index (κ2) is 5.69. The molecule has 5 heteroatoms. The number of carbonyl (C=O) groups is 1. The third kappa shape index (κ3) is 2.91. The summed E-state index contributed by atoms with van der Waals surface area (Å²) in [6.07, 6.45) is 1.67. The van der Waals surface area contributed by atoms with Crippen molar-refractivity contribution in [3.8, 4) is 6.07 Å². The smallest absolute Gasteiger partial charge is 0.241 e. The maximum Gasteiger partial charge on any atom is 0.241 e. The summed E-state index contributed by atoms with van der Waals surface area (Å²) in [5.41, 5.74) is 5.74. The van der Waals surface area contributed by atoms with Crippen molar-refractivity contribution in [1.29, 1.82) is 5.26 Å². The quantitative estimate of drug-likeness (QED) is 0.651. The van der Waals surface area contributed by atoms with E-state index in [2.05, 4.69) is 11.4 Å². The Morgan fingerprint density at radius 2 is 2.53 bits per heavy atom. The van der Waals surface area contributed by atoms with Crippen molar-refractivity contribution in [2.45, 2.75) is 31.8 Å². The van der Waals surface area contributed by atoms with Crippen LogP contribution >= 0.6 is 0 Å². The van der Waals surface area contributed by atoms with E-state index in [1.807, 2.05) is 6.92 Å². The van der Waals surface area contributed by atoms with Crippen LogP contribution in [0.5, 0.6) is 0 Å². The van der Waals surface area contributed by atoms with E-state index in [-0.39, 0.29) is 11.9 Å². The van der Waals surface area contributed by atoms with Gasteiger partial charge < -0.3 is 16.0 Å². The lowest BCUT2D eigenvalue weighted by atomic mass is 10.2. The van der Waals surface area contributed by atoms with Gasteiger partial charge in [-0.25, -0.2) is 0 Å². The number of hydrogen-bond acceptors (Lipinski definition) is 4. The second-order valence-electron chi connectivity index (χ2n) is 3.73. The van der Waals surface area contributed by atoms with Crippen molar-refractivity contribution in [3.05, 3.63) is 0 Å². The largest absolute Gasteiger partial charge is 0.325 e. The summed E-state index contributed by atoms with van der Waals surface area (Å²) in [4.78, 5) is 13.4. The van der Waals surface area contributed by atoms with E-state index >= 15 is 0 Å². The molecule has 1 amide bonds. The van der Waals surface area contributed by atoms with Gasteiger partial charge in [-0.05, 0) is 19.4 Å². The molecular formula is C10H18N4O. The number of rotatable bonds is 4. The number of nitrogens with one attached hydrogen (secondary N) is 1. The van der Waals surface area contributed by atoms with E-state index < -0.39 is 6.04 Å². The van der Waals surface area contributed by atoms with Gasteiger partial charge in [0.1, 0.15) is 6.04 Å². The molecule has 1 heterocycles. The molecule has 0 bridgehead atoms. The first-order valence-electron chi connectivity index (χ1n) is 5.37. The Morgan fingerprint density at radius 1 is 1.80 bits per heavy atom. The molecule has 0 aromatic heterocycles. The van der Waals surface area contributed by atoms with Crippen LogP contribution in [0.25, 0.3) is 0 Å². The molecule has 5 nitrogen and oxygen atoms in total. The number of likely N-dealkylation sites (tertiary alicyclic amines) is 1. The van der Waals surface area contributed by atoms with Crippen LogP contribution in [0.2, 0.25) is 0 Å². The Hall–Kier alpha value is -1.12. The summed E-state index contributed by atoms with van der Waals surface area (Å²) >= 11 is 0. The monoisotopic (exact) mass is 210 g/mol. The number of carbonyl (C=O) groups excluding carboxylic acids is 1. The summed E-state index contributed by atoms with van der Waals surface area (Å²) in [5.74, 6) is -0.111. The average Bonchev–Trinajstić information content (AvgIpc) is 2.72. The lowest BCUT2D eigenvalue weighted by molar-refractivity contribution is -0.132. The summed E-state index contributed by atoms with van der Waals surface area (Å²) in [6, 6.07) is 1.33. The maximum atomic E-state index is 11.8. The van der Waals surface area contributed by atoms with E-state index in [0.29, 0.717) is 13.1 Å². The number of nitrogens with two attached hydrogens (primary N) is 1. The minimum absolute atomic E-state index is 0.111. The van der Waals surface area contributed by atoms with E-state index in [0.717, 1.165) is 19.4 Å². The molecule has 1 aliphatic heterocycles. The third-order valence-corrected chi connectivity index (χ3v) is 2.62. The van der Waals surface area contributed by atoms with E-state index in [4.69, 9.17) is 11.0 Å². The van der Waals surface area contributed by atoms with E-state index in [1.54, 1.807) is 4.90 Å². The summed E-state index contributed by atoms with van der Waals surface area (Å²) in [5, 5.41) is 11.9. The number of likely N-dealkylation sites (N-methyl/N-ethyl adjacent to an activating group) is 1. The van der Waals surface area contributed by atoms with Crippen LogP contribution < -0.4 is 11.1 Å². The molecule has 0 aromatic carbocycles. The van der Waals surface area contributed by atoms with Gasteiger partial charge >= 0.3 is 0 Å². The van der Waals surface area contributed by atoms with Gasteiger partial charge in [-0.3, -0.25) is 4.79 Å². The van der Waals surface area contributed by atoms with Crippen LogP contribution in [-0.2, 0) is 4.79 Å². The molecule has 2 atom stereocenters. The summed E-state index contributed by atoms with van der Waals surface area (Å²) in [6.45, 7) is 3.90. The standard InChI is InChI=1S/C10H18N4O/c1-2-13-7-9(12)10(15)14-5-3-4-8(14)6-11/h8-9,13H,2-5,7,12H2,1H3/t8-,9?/m0/s1. The normalized spacial score (nSPS) is 22.5. The van der Waals surface area contributed by atoms with Gasteiger partial charge in [0.2, 0.25) is 5.91 Å². The van der Waals surface area contributed by atoms with Gasteiger partial charge in [0.15, 0.2) is 0 Å². The van der Waals surface area contributed by atoms with Crippen molar-refractivity contribution in [2.24, 2.45) is 5.73 Å². The second-order valence-corrected chi connectivity index (χ2v) is 3.73. The van der Waals surface area contributed by atoms with Gasteiger partial charge in [0.25, 0.3) is 0 Å². The number of nitriles is 1. The molecule has 0 spiro atoms. The Kier molecular flexibility index (Phi) is 4.53. The molecule has 1 unspecified atom stereocenters. The highest BCUT2D eigenvalue weighted by molar-refractivity contribution is 5.82. The molecule has 0 aromatic rings. The Bertz CT molecular complexity index is 261. The molecule has 0 radical (unpaired) electrons. The fraction of sp³-hybridized carbons (Fsp3) is 0.800. The number of nitrogens with zero attached hydrogens (tertiary/aromatic N) is 2. The Morgan fingerprint density at radius 3 is 3.13 bits per heavy atom. The first-order chi connectivity index (χ1) is 7.20. The molecule has 84 valence electrons. The van der Waals surface area contributed by atoms with Crippen LogP contribution in [0.15, 0.2) is 0 Å². The first kappa shape index (κ1) is 12.0. The molecule has 0 saturated carbocycles. The number of amides is 1. The predicted molar refractivity (Wildman–Crippen MR) is 56.9 cm³/mol. The molecule has 1 fully saturated rings. The van der Waals surface area contributed by atoms with Crippen molar-refractivity contribution < 1.29 is 4.79 Å². The zero-order chi connectivity index (χ0) is 11.3. The van der Waals surface area contributed by atoms with E-state index in [1.165, 1.54) is 0 Å². The number of hydrogen-bond donors (Lipinski definition) is 2. The van der Waals surface area contributed by atoms with Crippen molar-refractivity contribution in [3.63, 3.8) is 0 Å². The molecule has 0 aliphatic carbocycles. The van der Waals surface area contributed by atoms with Crippen molar-refractivity contribution >= 4 is 5.91 Å². The van der Waals surface area contributed by atoms with E-state index in [9.17, 15) is 4.79 Å². The average molecular weight is 210 g/mol. The Balaban J connectivity index is 2.48. The minimum atomic E-state index is -0.529. The molecular weight excluding hydrogens is 192 g/mol. The van der Waals surface area contributed by atoms with Gasteiger partial charge in [0.05, 0.1) is 12.1 Å². The lowest BCUT2D eigenvalue weighted by Crippen LogP contribution is -2.50. The molecule has 1 aliphatic rings. The van der Waals surface area contributed by atoms with Gasteiger partial charge in [-0.1, -0.05) is 6.92 Å². The summed E-state index contributed by atoms with van der Waals surface area (Å²) < 4.78 is 0. The maximum absolute atomic E-state index is 11.8. The zero-order valence-electron chi connectivity index (χ0n) is 9.07. The van der Waals surface area contributed by atoms with Crippen LogP contribution in [-0.4, -0.2) is 42.5 Å². The topological polar surface area (TPSA) is 82.2 Å². The van der Waals surface area contributed by atoms with Crippen LogP contribution in [0, 0.1) is 11.3 Å². The van der Waals surface area contributed by atoms with Crippen molar-refractivity contribution in [1.82, 2.24) is 10.2 Å². The molecule has 1 rings (SSSR count). The van der Waals surface area contributed by atoms with Gasteiger partial charge in [0, 0.05) is 13.1 Å². The fourth-order valence-corrected chi connectivity index (χ4v) is 1.76. The highest BCUT2D eigenvalue weighted by Gasteiger charge is 2.31. The predicted octanol–water partition coefficient (Wildman–Crippen LogP) is -0.562. The third-order valence-electron chi connectivity index (χ3n) is 2.62. The molecule has 3 N–H and O–H groups in total. The Labute approximate surface area is 90.2 Å². The van der Waals surface area contributed by atoms with Gasteiger partial charge in [-0.2, -0.15) is 5.26 Å². The van der Waals surface area contributed by atoms with Gasteiger partial charge in [-0.15, -0.1) is 0 Å². The van der Waals surface area contributed by atoms with Crippen LogP contribution in [0.1, 0.15) is 19.8 Å². The van der Waals surface area contributed by atoms with Crippen molar-refractivity contribution in [2.75, 3.05) is 19.6 Å². The lowest BCUT2D eigenvalue weighted by Gasteiger charge is -2.23. The zero-order valence-corrected chi connectivity index (χ0v) is 9.07. The highest BCUT2D eigenvalue weighted by Crippen LogP contribution is 2.16. The minimum Gasteiger partial charge on any atom is -0.325 e. The summed E-state index contributed by atoms with van der Waals surface area (Å²) in [7, 11) is 0. The SMILES string of the molecule is CCNCC(N)C(=O)N1CCC[C@H]1C#N. The first-order valence-corrected chi connectivity index (χ1v) is 5.37. The molecule has 15 heavy (non-hydrogen) atoms. The van der Waals surface area contributed by atoms with Crippen LogP contribution in [0.3, 0.4) is 0 Å².